The van der Waals surface area contributed by atoms with Gasteiger partial charge < -0.3 is 14.4 Å². The van der Waals surface area contributed by atoms with E-state index in [0.29, 0.717) is 24.1 Å². The molecule has 0 saturated carbocycles. The van der Waals surface area contributed by atoms with Gasteiger partial charge in [-0.1, -0.05) is 29.5 Å². The van der Waals surface area contributed by atoms with Gasteiger partial charge in [-0.15, -0.1) is 10.2 Å². The molecule has 0 bridgehead atoms. The van der Waals surface area contributed by atoms with Crippen LogP contribution in [0.5, 0.6) is 5.75 Å². The van der Waals surface area contributed by atoms with Crippen LogP contribution in [0, 0.1) is 13.8 Å². The van der Waals surface area contributed by atoms with Gasteiger partial charge in [0.1, 0.15) is 12.4 Å². The van der Waals surface area contributed by atoms with Crippen molar-refractivity contribution in [1.82, 2.24) is 14.8 Å². The van der Waals surface area contributed by atoms with Crippen molar-refractivity contribution in [3.05, 3.63) is 35.2 Å². The number of ether oxygens (including phenoxy) is 1. The molecule has 2 aromatic rings. The number of aryl methyl sites for hydroxylation is 2. The minimum atomic E-state index is -0.872. The van der Waals surface area contributed by atoms with E-state index in [9.17, 15) is 4.79 Å². The lowest BCUT2D eigenvalue weighted by atomic mass is 10.1. The topological polar surface area (TPSA) is 77.2 Å². The summed E-state index contributed by atoms with van der Waals surface area (Å²) >= 11 is 1.16. The average Bonchev–Trinajstić information content (AvgIpc) is 2.86. The summed E-state index contributed by atoms with van der Waals surface area (Å²) < 4.78 is 7.68. The first-order chi connectivity index (χ1) is 10.5. The summed E-state index contributed by atoms with van der Waals surface area (Å²) in [6, 6.07) is 6.01. The van der Waals surface area contributed by atoms with Crippen molar-refractivity contribution in [3.8, 4) is 5.75 Å². The van der Waals surface area contributed by atoms with Crippen molar-refractivity contribution < 1.29 is 14.6 Å². The third-order valence-corrected chi connectivity index (χ3v) is 4.07. The minimum Gasteiger partial charge on any atom is -0.485 e. The van der Waals surface area contributed by atoms with Gasteiger partial charge in [0.2, 0.25) is 0 Å². The third kappa shape index (κ3) is 4.00. The summed E-state index contributed by atoms with van der Waals surface area (Å²) in [7, 11) is 0. The van der Waals surface area contributed by atoms with Crippen LogP contribution in [0.4, 0.5) is 0 Å². The van der Waals surface area contributed by atoms with Crippen LogP contribution >= 0.6 is 11.8 Å². The number of carboxylic acids is 1. The molecule has 0 amide bonds. The van der Waals surface area contributed by atoms with Crippen LogP contribution in [-0.4, -0.2) is 31.6 Å². The van der Waals surface area contributed by atoms with Crippen LogP contribution in [-0.2, 0) is 17.9 Å². The number of thioether (sulfide) groups is 1. The zero-order valence-corrected chi connectivity index (χ0v) is 13.7. The first kappa shape index (κ1) is 16.4. The van der Waals surface area contributed by atoms with Crippen molar-refractivity contribution in [2.75, 3.05) is 5.75 Å². The van der Waals surface area contributed by atoms with Gasteiger partial charge in [0.15, 0.2) is 11.0 Å². The highest BCUT2D eigenvalue weighted by molar-refractivity contribution is 7.99. The van der Waals surface area contributed by atoms with Crippen molar-refractivity contribution in [2.45, 2.75) is 39.1 Å². The molecule has 1 N–H and O–H groups in total. The number of hydrogen-bond acceptors (Lipinski definition) is 5. The summed E-state index contributed by atoms with van der Waals surface area (Å²) in [6.45, 7) is 6.98. The summed E-state index contributed by atoms with van der Waals surface area (Å²) in [5.74, 6) is 0.603. The Labute approximate surface area is 133 Å². The van der Waals surface area contributed by atoms with Gasteiger partial charge in [-0.05, 0) is 32.4 Å². The third-order valence-electron chi connectivity index (χ3n) is 3.12. The van der Waals surface area contributed by atoms with E-state index in [1.54, 1.807) is 0 Å². The molecule has 2 rings (SSSR count). The number of nitrogens with zero attached hydrogens (tertiary/aromatic N) is 3. The van der Waals surface area contributed by atoms with E-state index >= 15 is 0 Å². The molecule has 22 heavy (non-hydrogen) atoms. The van der Waals surface area contributed by atoms with Crippen LogP contribution in [0.3, 0.4) is 0 Å². The van der Waals surface area contributed by atoms with E-state index < -0.39 is 5.97 Å². The highest BCUT2D eigenvalue weighted by atomic mass is 32.2. The number of benzene rings is 1. The van der Waals surface area contributed by atoms with E-state index in [-0.39, 0.29) is 5.75 Å². The second kappa shape index (κ2) is 7.31. The first-order valence-corrected chi connectivity index (χ1v) is 7.96. The van der Waals surface area contributed by atoms with Gasteiger partial charge in [0.05, 0.1) is 5.75 Å². The molecule has 6 nitrogen and oxygen atoms in total. The fraction of sp³-hybridized carbons (Fsp3) is 0.400. The van der Waals surface area contributed by atoms with E-state index in [0.717, 1.165) is 23.1 Å². The molecule has 0 fully saturated rings. The van der Waals surface area contributed by atoms with Crippen LogP contribution in [0.2, 0.25) is 0 Å². The van der Waals surface area contributed by atoms with Crippen molar-refractivity contribution in [1.29, 1.82) is 0 Å². The molecule has 1 aromatic heterocycles. The van der Waals surface area contributed by atoms with E-state index in [2.05, 4.69) is 16.3 Å². The number of aromatic nitrogens is 3. The molecule has 0 aliphatic heterocycles. The molecular weight excluding hydrogens is 302 g/mol. The Morgan fingerprint density at radius 2 is 2.14 bits per heavy atom. The van der Waals surface area contributed by atoms with Crippen LogP contribution in [0.25, 0.3) is 0 Å². The van der Waals surface area contributed by atoms with Gasteiger partial charge in [-0.3, -0.25) is 4.79 Å². The molecule has 1 heterocycles. The Kier molecular flexibility index (Phi) is 5.43. The molecular formula is C15H19N3O3S. The molecule has 0 aliphatic carbocycles. The predicted molar refractivity (Wildman–Crippen MR) is 84.3 cm³/mol. The Balaban J connectivity index is 2.07. The zero-order valence-electron chi connectivity index (χ0n) is 12.9. The largest absolute Gasteiger partial charge is 0.485 e. The Hall–Kier alpha value is -2.02. The lowest BCUT2D eigenvalue weighted by Crippen LogP contribution is -2.08. The fourth-order valence-electron chi connectivity index (χ4n) is 2.08. The number of rotatable bonds is 7. The van der Waals surface area contributed by atoms with Crippen molar-refractivity contribution in [2.24, 2.45) is 0 Å². The average molecular weight is 321 g/mol. The van der Waals surface area contributed by atoms with E-state index in [4.69, 9.17) is 9.84 Å². The SMILES string of the molecule is CCn1c(COc2ccc(C)cc2C)nnc1SCC(=O)O. The number of hydrogen-bond donors (Lipinski definition) is 1. The number of aliphatic carboxylic acids is 1. The molecule has 7 heteroatoms. The van der Waals surface area contributed by atoms with Gasteiger partial charge >= 0.3 is 5.97 Å². The van der Waals surface area contributed by atoms with E-state index in [1.165, 1.54) is 5.56 Å². The lowest BCUT2D eigenvalue weighted by molar-refractivity contribution is -0.133. The molecule has 0 aliphatic rings. The van der Waals surface area contributed by atoms with E-state index in [1.807, 2.05) is 37.5 Å². The molecule has 0 unspecified atom stereocenters. The molecule has 0 atom stereocenters. The molecule has 0 radical (unpaired) electrons. The van der Waals surface area contributed by atoms with Crippen molar-refractivity contribution >= 4 is 17.7 Å². The molecule has 118 valence electrons. The maximum atomic E-state index is 10.7. The zero-order chi connectivity index (χ0) is 16.1. The minimum absolute atomic E-state index is 0.0317. The van der Waals surface area contributed by atoms with Crippen molar-refractivity contribution in [3.63, 3.8) is 0 Å². The highest BCUT2D eigenvalue weighted by Gasteiger charge is 2.13. The number of carboxylic acid groups (broad SMARTS) is 1. The Morgan fingerprint density at radius 1 is 1.36 bits per heavy atom. The predicted octanol–water partition coefficient (Wildman–Crippen LogP) is 2.67. The lowest BCUT2D eigenvalue weighted by Gasteiger charge is -2.10. The van der Waals surface area contributed by atoms with Gasteiger partial charge in [-0.2, -0.15) is 0 Å². The molecule has 0 saturated heterocycles. The normalized spacial score (nSPS) is 10.7. The second-order valence-corrected chi connectivity index (χ2v) is 5.83. The number of carbonyl (C=O) groups is 1. The Bertz CT molecular complexity index is 670. The quantitative estimate of drug-likeness (QED) is 0.790. The smallest absolute Gasteiger partial charge is 0.313 e. The molecule has 1 aromatic carbocycles. The second-order valence-electron chi connectivity index (χ2n) is 4.88. The summed E-state index contributed by atoms with van der Waals surface area (Å²) in [4.78, 5) is 10.7. The van der Waals surface area contributed by atoms with Crippen LogP contribution < -0.4 is 4.74 Å². The van der Waals surface area contributed by atoms with Gasteiger partial charge in [-0.25, -0.2) is 0 Å². The highest BCUT2D eigenvalue weighted by Crippen LogP contribution is 2.21. The summed E-state index contributed by atoms with van der Waals surface area (Å²) in [5, 5.41) is 17.5. The summed E-state index contributed by atoms with van der Waals surface area (Å²) in [6.07, 6.45) is 0. The molecule has 0 spiro atoms. The van der Waals surface area contributed by atoms with Crippen LogP contribution in [0.1, 0.15) is 23.9 Å². The summed E-state index contributed by atoms with van der Waals surface area (Å²) in [5.41, 5.74) is 2.26. The monoisotopic (exact) mass is 321 g/mol. The van der Waals surface area contributed by atoms with Gasteiger partial charge in [0.25, 0.3) is 0 Å². The maximum absolute atomic E-state index is 10.7. The van der Waals surface area contributed by atoms with Gasteiger partial charge in [0, 0.05) is 6.54 Å². The Morgan fingerprint density at radius 3 is 2.77 bits per heavy atom. The fourth-order valence-corrected chi connectivity index (χ4v) is 2.82. The first-order valence-electron chi connectivity index (χ1n) is 6.98. The standard InChI is InChI=1S/C15H19N3O3S/c1-4-18-13(16-17-15(18)22-9-14(19)20)8-21-12-6-5-10(2)7-11(12)3/h5-7H,4,8-9H2,1-3H3,(H,19,20). The van der Waals surface area contributed by atoms with Crippen LogP contribution in [0.15, 0.2) is 23.4 Å². The maximum Gasteiger partial charge on any atom is 0.313 e.